The molecule has 3 rings (SSSR count). The number of carbonyl (C=O) groups is 4. The van der Waals surface area contributed by atoms with Gasteiger partial charge in [-0.3, -0.25) is 9.36 Å². The van der Waals surface area contributed by atoms with E-state index in [9.17, 15) is 24.3 Å². The Bertz CT molecular complexity index is 1270. The van der Waals surface area contributed by atoms with E-state index in [2.05, 4.69) is 0 Å². The van der Waals surface area contributed by atoms with Gasteiger partial charge in [0.2, 0.25) is 0 Å². The fraction of sp³-hybridized carbons (Fsp3) is 0.308. The summed E-state index contributed by atoms with van der Waals surface area (Å²) in [5, 5.41) is 10.1. The minimum absolute atomic E-state index is 0.0271. The smallest absolute Gasteiger partial charge is 0.427 e. The number of nitrogens with zero attached hydrogens (tertiary/aromatic N) is 2. The van der Waals surface area contributed by atoms with Crippen molar-refractivity contribution < 1.29 is 33.8 Å². The summed E-state index contributed by atoms with van der Waals surface area (Å²) in [5.74, 6) is -1.07. The first kappa shape index (κ1) is 25.5. The highest BCUT2D eigenvalue weighted by Gasteiger charge is 2.38. The van der Waals surface area contributed by atoms with Gasteiger partial charge in [0.05, 0.1) is 11.1 Å². The molecule has 0 radical (unpaired) electrons. The lowest BCUT2D eigenvalue weighted by molar-refractivity contribution is 0.00402. The maximum atomic E-state index is 13.8. The molecule has 3 amide bonds. The Hall–Kier alpha value is -4.14. The summed E-state index contributed by atoms with van der Waals surface area (Å²) in [5.41, 5.74) is -0.824. The molecule has 1 heterocycles. The third kappa shape index (κ3) is 5.87. The van der Waals surface area contributed by atoms with Crippen LogP contribution in [0.3, 0.4) is 0 Å². The predicted octanol–water partition coefficient (Wildman–Crippen LogP) is 6.15. The van der Waals surface area contributed by atoms with E-state index >= 15 is 0 Å². The number of ether oxygens (including phenoxy) is 2. The van der Waals surface area contributed by atoms with Crippen LogP contribution in [0.4, 0.5) is 14.4 Å². The summed E-state index contributed by atoms with van der Waals surface area (Å²) in [6.07, 6.45) is -2.50. The standard InChI is InChI=1S/C26H28N2O7/c1-25(2,3)34-23(32)28(24(33)35-26(4,5)6)21(29)19-15-18(16-10-8-7-9-11-16)14-17-12-13-27(20(17)19)22(30)31/h7-15H,1-6H3,(H,30,31). The average Bonchev–Trinajstić information content (AvgIpc) is 3.15. The first-order valence-electron chi connectivity index (χ1n) is 10.9. The molecule has 35 heavy (non-hydrogen) atoms. The molecule has 184 valence electrons. The monoisotopic (exact) mass is 480 g/mol. The predicted molar refractivity (Wildman–Crippen MR) is 129 cm³/mol. The number of rotatable bonds is 2. The number of imide groups is 3. The van der Waals surface area contributed by atoms with Gasteiger partial charge in [-0.2, -0.15) is 0 Å². The van der Waals surface area contributed by atoms with E-state index in [1.54, 1.807) is 47.6 Å². The van der Waals surface area contributed by atoms with Crippen LogP contribution >= 0.6 is 0 Å². The Morgan fingerprint density at radius 3 is 1.83 bits per heavy atom. The van der Waals surface area contributed by atoms with Crippen molar-refractivity contribution in [1.29, 1.82) is 0 Å². The molecule has 0 fully saturated rings. The van der Waals surface area contributed by atoms with Crippen molar-refractivity contribution in [1.82, 2.24) is 9.47 Å². The van der Waals surface area contributed by atoms with Crippen molar-refractivity contribution in [3.05, 3.63) is 60.3 Å². The first-order valence-corrected chi connectivity index (χ1v) is 10.9. The zero-order valence-corrected chi connectivity index (χ0v) is 20.5. The second-order valence-electron chi connectivity index (χ2n) is 9.90. The quantitative estimate of drug-likeness (QED) is 0.468. The largest absolute Gasteiger partial charge is 0.464 e. The number of aromatic nitrogens is 1. The number of amides is 3. The number of hydrogen-bond donors (Lipinski definition) is 1. The lowest BCUT2D eigenvalue weighted by atomic mass is 9.99. The molecule has 9 heteroatoms. The van der Waals surface area contributed by atoms with Crippen LogP contribution in [0, 0.1) is 0 Å². The van der Waals surface area contributed by atoms with Gasteiger partial charge in [0.1, 0.15) is 11.2 Å². The summed E-state index contributed by atoms with van der Waals surface area (Å²) < 4.78 is 11.5. The average molecular weight is 481 g/mol. The van der Waals surface area contributed by atoms with Crippen molar-refractivity contribution in [3.8, 4) is 11.1 Å². The molecule has 0 atom stereocenters. The minimum Gasteiger partial charge on any atom is -0.464 e. The van der Waals surface area contributed by atoms with Gasteiger partial charge in [-0.1, -0.05) is 30.3 Å². The molecule has 1 N–H and O–H groups in total. The molecule has 0 saturated heterocycles. The second-order valence-corrected chi connectivity index (χ2v) is 9.90. The number of carboxylic acid groups (broad SMARTS) is 1. The van der Waals surface area contributed by atoms with Gasteiger partial charge >= 0.3 is 18.3 Å². The molecular weight excluding hydrogens is 452 g/mol. The van der Waals surface area contributed by atoms with Gasteiger partial charge in [0.25, 0.3) is 5.91 Å². The summed E-state index contributed by atoms with van der Waals surface area (Å²) in [6, 6.07) is 13.8. The van der Waals surface area contributed by atoms with E-state index in [0.29, 0.717) is 10.9 Å². The molecular formula is C26H28N2O7. The van der Waals surface area contributed by atoms with Crippen molar-refractivity contribution in [3.63, 3.8) is 0 Å². The normalized spacial score (nSPS) is 11.7. The van der Waals surface area contributed by atoms with Crippen LogP contribution in [-0.4, -0.2) is 50.0 Å². The molecule has 0 bridgehead atoms. The Morgan fingerprint density at radius 2 is 1.34 bits per heavy atom. The maximum absolute atomic E-state index is 13.8. The van der Waals surface area contributed by atoms with E-state index in [4.69, 9.17) is 9.47 Å². The van der Waals surface area contributed by atoms with E-state index in [1.165, 1.54) is 18.3 Å². The first-order chi connectivity index (χ1) is 16.2. The molecule has 0 aliphatic carbocycles. The van der Waals surface area contributed by atoms with Crippen LogP contribution in [0.15, 0.2) is 54.7 Å². The van der Waals surface area contributed by atoms with E-state index in [1.807, 2.05) is 30.3 Å². The van der Waals surface area contributed by atoms with E-state index < -0.39 is 35.4 Å². The molecule has 0 spiro atoms. The van der Waals surface area contributed by atoms with E-state index in [0.717, 1.165) is 10.1 Å². The number of hydrogen-bond acceptors (Lipinski definition) is 6. The summed E-state index contributed by atoms with van der Waals surface area (Å²) in [4.78, 5) is 51.9. The molecule has 2 aromatic carbocycles. The molecule has 0 aliphatic rings. The van der Waals surface area contributed by atoms with Gasteiger partial charge in [-0.15, -0.1) is 4.90 Å². The number of carbonyl (C=O) groups excluding carboxylic acids is 3. The third-order valence-electron chi connectivity index (χ3n) is 4.68. The van der Waals surface area contributed by atoms with Crippen molar-refractivity contribution in [2.24, 2.45) is 0 Å². The molecule has 0 aliphatic heterocycles. The van der Waals surface area contributed by atoms with Gasteiger partial charge < -0.3 is 14.6 Å². The minimum atomic E-state index is -1.33. The summed E-state index contributed by atoms with van der Waals surface area (Å²) >= 11 is 0. The van der Waals surface area contributed by atoms with Crippen LogP contribution in [0.5, 0.6) is 0 Å². The molecule has 0 unspecified atom stereocenters. The SMILES string of the molecule is CC(C)(C)OC(=O)N(C(=O)OC(C)(C)C)C(=O)c1cc(-c2ccccc2)cc2ccn(C(=O)O)c12. The highest BCUT2D eigenvalue weighted by atomic mass is 16.6. The third-order valence-corrected chi connectivity index (χ3v) is 4.68. The highest BCUT2D eigenvalue weighted by molar-refractivity contribution is 6.19. The van der Waals surface area contributed by atoms with Crippen LogP contribution in [-0.2, 0) is 9.47 Å². The lowest BCUT2D eigenvalue weighted by Crippen LogP contribution is -2.47. The van der Waals surface area contributed by atoms with Crippen molar-refractivity contribution >= 4 is 35.1 Å². The van der Waals surface area contributed by atoms with Crippen molar-refractivity contribution in [2.45, 2.75) is 52.7 Å². The van der Waals surface area contributed by atoms with Gasteiger partial charge in [-0.25, -0.2) is 14.4 Å². The van der Waals surface area contributed by atoms with Crippen LogP contribution in [0.25, 0.3) is 22.0 Å². The van der Waals surface area contributed by atoms with Gasteiger partial charge in [0, 0.05) is 11.6 Å². The summed E-state index contributed by atoms with van der Waals surface area (Å²) in [7, 11) is 0. The van der Waals surface area contributed by atoms with E-state index in [-0.39, 0.29) is 16.0 Å². The van der Waals surface area contributed by atoms with Crippen molar-refractivity contribution in [2.75, 3.05) is 0 Å². The van der Waals surface area contributed by atoms with Gasteiger partial charge in [-0.05, 0) is 70.9 Å². The Labute approximate surface area is 202 Å². The molecule has 9 nitrogen and oxygen atoms in total. The lowest BCUT2D eigenvalue weighted by Gasteiger charge is -2.27. The highest BCUT2D eigenvalue weighted by Crippen LogP contribution is 2.30. The Balaban J connectivity index is 2.24. The topological polar surface area (TPSA) is 115 Å². The number of benzene rings is 2. The van der Waals surface area contributed by atoms with Gasteiger partial charge in [0.15, 0.2) is 0 Å². The number of fused-ring (bicyclic) bond motifs is 1. The second kappa shape index (κ2) is 9.25. The fourth-order valence-corrected chi connectivity index (χ4v) is 3.38. The zero-order valence-electron chi connectivity index (χ0n) is 20.5. The maximum Gasteiger partial charge on any atom is 0.427 e. The molecule has 0 saturated carbocycles. The van der Waals surface area contributed by atoms with Crippen LogP contribution < -0.4 is 0 Å². The molecule has 3 aromatic rings. The summed E-state index contributed by atoms with van der Waals surface area (Å²) in [6.45, 7) is 9.54. The zero-order chi connectivity index (χ0) is 26.1. The Morgan fingerprint density at radius 1 is 0.800 bits per heavy atom. The molecule has 1 aromatic heterocycles. The van der Waals surface area contributed by atoms with Crippen LogP contribution in [0.1, 0.15) is 51.9 Å². The van der Waals surface area contributed by atoms with Crippen LogP contribution in [0.2, 0.25) is 0 Å². The Kier molecular flexibility index (Phi) is 6.73. The fourth-order valence-electron chi connectivity index (χ4n) is 3.38.